The average molecular weight is 319 g/mol. The second-order valence-corrected chi connectivity index (χ2v) is 5.84. The molecule has 0 saturated carbocycles. The van der Waals surface area contributed by atoms with Gasteiger partial charge in [0.1, 0.15) is 5.82 Å². The van der Waals surface area contributed by atoms with Crippen LogP contribution in [0.1, 0.15) is 17.0 Å². The van der Waals surface area contributed by atoms with Gasteiger partial charge in [-0.1, -0.05) is 18.2 Å². The second-order valence-electron chi connectivity index (χ2n) is 5.84. The van der Waals surface area contributed by atoms with Crippen molar-refractivity contribution in [3.63, 3.8) is 0 Å². The summed E-state index contributed by atoms with van der Waals surface area (Å²) in [6.45, 7) is 3.85. The molecule has 0 atom stereocenters. The second kappa shape index (κ2) is 5.58. The number of nitrogens with one attached hydrogen (secondary N) is 2. The quantitative estimate of drug-likeness (QED) is 0.539. The number of rotatable bonds is 3. The van der Waals surface area contributed by atoms with E-state index in [4.69, 9.17) is 0 Å². The number of hydrogen-bond donors (Lipinski definition) is 3. The van der Waals surface area contributed by atoms with E-state index in [0.717, 1.165) is 44.6 Å². The molecule has 2 aromatic carbocycles. The van der Waals surface area contributed by atoms with E-state index >= 15 is 0 Å². The number of H-pyrrole nitrogens is 1. The Morgan fingerprint density at radius 2 is 2.00 bits per heavy atom. The summed E-state index contributed by atoms with van der Waals surface area (Å²) < 4.78 is 0. The standard InChI is InChI=1S/C18H17N5O/c1-10-4-3-5-12-8-19-18(23-16(10)12)22-14-6-13(9-24)17-15(7-14)20-11(2)21-17/h3-8,24H,9H2,1-2H3,(H,20,21)(H,19,22,23). The zero-order chi connectivity index (χ0) is 16.7. The molecule has 0 radical (unpaired) electrons. The molecule has 6 heteroatoms. The smallest absolute Gasteiger partial charge is 0.227 e. The van der Waals surface area contributed by atoms with E-state index in [1.807, 2.05) is 50.4 Å². The number of imidazole rings is 1. The monoisotopic (exact) mass is 319 g/mol. The Labute approximate surface area is 138 Å². The lowest BCUT2D eigenvalue weighted by Gasteiger charge is -2.08. The molecule has 0 bridgehead atoms. The van der Waals surface area contributed by atoms with Crippen molar-refractivity contribution in [3.8, 4) is 0 Å². The van der Waals surface area contributed by atoms with Crippen molar-refractivity contribution in [1.29, 1.82) is 0 Å². The molecule has 2 aromatic heterocycles. The van der Waals surface area contributed by atoms with Crippen LogP contribution in [0.4, 0.5) is 11.6 Å². The lowest BCUT2D eigenvalue weighted by atomic mass is 10.1. The largest absolute Gasteiger partial charge is 0.392 e. The average Bonchev–Trinajstić information content (AvgIpc) is 2.95. The number of benzene rings is 2. The van der Waals surface area contributed by atoms with Crippen LogP contribution in [0.2, 0.25) is 0 Å². The molecule has 0 aliphatic carbocycles. The lowest BCUT2D eigenvalue weighted by Crippen LogP contribution is -1.99. The minimum absolute atomic E-state index is 0.0754. The van der Waals surface area contributed by atoms with Gasteiger partial charge in [0.05, 0.1) is 23.2 Å². The number of aliphatic hydroxyl groups excluding tert-OH is 1. The van der Waals surface area contributed by atoms with Gasteiger partial charge in [0.15, 0.2) is 0 Å². The summed E-state index contributed by atoms with van der Waals surface area (Å²) in [7, 11) is 0. The lowest BCUT2D eigenvalue weighted by molar-refractivity contribution is 0.283. The minimum Gasteiger partial charge on any atom is -0.392 e. The summed E-state index contributed by atoms with van der Waals surface area (Å²) in [6.07, 6.45) is 1.81. The maximum absolute atomic E-state index is 9.60. The zero-order valence-corrected chi connectivity index (χ0v) is 13.5. The molecular weight excluding hydrogens is 302 g/mol. The first-order chi connectivity index (χ1) is 11.6. The number of hydrogen-bond acceptors (Lipinski definition) is 5. The van der Waals surface area contributed by atoms with Crippen LogP contribution in [0.3, 0.4) is 0 Å². The normalized spacial score (nSPS) is 11.3. The number of aromatic amines is 1. The van der Waals surface area contributed by atoms with Crippen LogP contribution in [0.5, 0.6) is 0 Å². The van der Waals surface area contributed by atoms with Crippen LogP contribution in [0.15, 0.2) is 36.5 Å². The molecule has 0 aliphatic heterocycles. The van der Waals surface area contributed by atoms with E-state index in [1.165, 1.54) is 0 Å². The Bertz CT molecular complexity index is 1050. The third-order valence-corrected chi connectivity index (χ3v) is 4.02. The van der Waals surface area contributed by atoms with Crippen molar-refractivity contribution in [2.45, 2.75) is 20.5 Å². The maximum atomic E-state index is 9.60. The van der Waals surface area contributed by atoms with Gasteiger partial charge >= 0.3 is 0 Å². The third kappa shape index (κ3) is 2.47. The Hall–Kier alpha value is -2.99. The predicted molar refractivity (Wildman–Crippen MR) is 94.3 cm³/mol. The van der Waals surface area contributed by atoms with E-state index in [-0.39, 0.29) is 6.61 Å². The SMILES string of the molecule is Cc1nc2c(CO)cc(Nc3ncc4cccc(C)c4n3)cc2[nH]1. The number of nitrogens with zero attached hydrogens (tertiary/aromatic N) is 3. The molecule has 6 nitrogen and oxygen atoms in total. The number of anilines is 2. The molecule has 0 spiro atoms. The van der Waals surface area contributed by atoms with Crippen LogP contribution >= 0.6 is 0 Å². The van der Waals surface area contributed by atoms with Gasteiger partial charge in [0, 0.05) is 22.8 Å². The first-order valence-electron chi connectivity index (χ1n) is 7.73. The fourth-order valence-electron chi connectivity index (χ4n) is 2.90. The van der Waals surface area contributed by atoms with Crippen molar-refractivity contribution in [3.05, 3.63) is 53.5 Å². The summed E-state index contributed by atoms with van der Waals surface area (Å²) in [5.41, 5.74) is 5.26. The van der Waals surface area contributed by atoms with Crippen molar-refractivity contribution < 1.29 is 5.11 Å². The van der Waals surface area contributed by atoms with Gasteiger partial charge in [-0.05, 0) is 31.5 Å². The summed E-state index contributed by atoms with van der Waals surface area (Å²) in [4.78, 5) is 16.6. The van der Waals surface area contributed by atoms with E-state index < -0.39 is 0 Å². The highest BCUT2D eigenvalue weighted by atomic mass is 16.3. The van der Waals surface area contributed by atoms with Gasteiger partial charge in [0.25, 0.3) is 0 Å². The van der Waals surface area contributed by atoms with Crippen molar-refractivity contribution in [1.82, 2.24) is 19.9 Å². The van der Waals surface area contributed by atoms with E-state index in [9.17, 15) is 5.11 Å². The number of aliphatic hydroxyl groups is 1. The molecule has 120 valence electrons. The van der Waals surface area contributed by atoms with Crippen molar-refractivity contribution >= 4 is 33.6 Å². The molecule has 0 unspecified atom stereocenters. The zero-order valence-electron chi connectivity index (χ0n) is 13.5. The Morgan fingerprint density at radius 1 is 1.12 bits per heavy atom. The molecule has 2 heterocycles. The van der Waals surface area contributed by atoms with Gasteiger partial charge in [-0.2, -0.15) is 0 Å². The molecule has 0 fully saturated rings. The van der Waals surface area contributed by atoms with Crippen molar-refractivity contribution in [2.75, 3.05) is 5.32 Å². The maximum Gasteiger partial charge on any atom is 0.227 e. The van der Waals surface area contributed by atoms with Gasteiger partial charge in [-0.3, -0.25) is 0 Å². The molecule has 0 saturated heterocycles. The number of aromatic nitrogens is 4. The van der Waals surface area contributed by atoms with Crippen molar-refractivity contribution in [2.24, 2.45) is 0 Å². The Kier molecular flexibility index (Phi) is 3.39. The fourth-order valence-corrected chi connectivity index (χ4v) is 2.90. The van der Waals surface area contributed by atoms with Crippen LogP contribution in [-0.4, -0.2) is 25.0 Å². The molecule has 3 N–H and O–H groups in total. The topological polar surface area (TPSA) is 86.7 Å². The molecule has 0 amide bonds. The Balaban J connectivity index is 1.77. The molecular formula is C18H17N5O. The number of fused-ring (bicyclic) bond motifs is 2. The van der Waals surface area contributed by atoms with Gasteiger partial charge in [0.2, 0.25) is 5.95 Å². The van der Waals surface area contributed by atoms with Gasteiger partial charge in [-0.15, -0.1) is 0 Å². The van der Waals surface area contributed by atoms with E-state index in [1.54, 1.807) is 0 Å². The Morgan fingerprint density at radius 3 is 2.83 bits per heavy atom. The minimum atomic E-state index is -0.0754. The van der Waals surface area contributed by atoms with Gasteiger partial charge in [-0.25, -0.2) is 15.0 Å². The summed E-state index contributed by atoms with van der Waals surface area (Å²) in [5, 5.41) is 13.8. The highest BCUT2D eigenvalue weighted by molar-refractivity contribution is 5.85. The van der Waals surface area contributed by atoms with Gasteiger partial charge < -0.3 is 15.4 Å². The van der Waals surface area contributed by atoms with E-state index in [0.29, 0.717) is 5.95 Å². The van der Waals surface area contributed by atoms with E-state index in [2.05, 4.69) is 25.3 Å². The first kappa shape index (κ1) is 14.6. The molecule has 24 heavy (non-hydrogen) atoms. The molecule has 0 aliphatic rings. The molecule has 4 rings (SSSR count). The molecule has 4 aromatic rings. The first-order valence-corrected chi connectivity index (χ1v) is 7.73. The highest BCUT2D eigenvalue weighted by Crippen LogP contribution is 2.25. The predicted octanol–water partition coefficient (Wildman–Crippen LogP) is 3.36. The third-order valence-electron chi connectivity index (χ3n) is 4.02. The number of aryl methyl sites for hydroxylation is 2. The van der Waals surface area contributed by atoms with Crippen LogP contribution in [0.25, 0.3) is 21.9 Å². The fraction of sp³-hybridized carbons (Fsp3) is 0.167. The summed E-state index contributed by atoms with van der Waals surface area (Å²) in [5.74, 6) is 1.34. The van der Waals surface area contributed by atoms with Crippen LogP contribution in [0, 0.1) is 13.8 Å². The van der Waals surface area contributed by atoms with Crippen LogP contribution < -0.4 is 5.32 Å². The summed E-state index contributed by atoms with van der Waals surface area (Å²) in [6, 6.07) is 9.84. The number of para-hydroxylation sites is 1. The summed E-state index contributed by atoms with van der Waals surface area (Å²) >= 11 is 0. The van der Waals surface area contributed by atoms with Crippen LogP contribution in [-0.2, 0) is 6.61 Å². The highest BCUT2D eigenvalue weighted by Gasteiger charge is 2.09.